The van der Waals surface area contributed by atoms with E-state index in [1.165, 1.54) is 0 Å². The third kappa shape index (κ3) is 5.07. The maximum absolute atomic E-state index is 5.29. The lowest BCUT2D eigenvalue weighted by molar-refractivity contribution is 0.369. The molecule has 0 bridgehead atoms. The van der Waals surface area contributed by atoms with Crippen molar-refractivity contribution >= 4 is 5.96 Å². The maximum atomic E-state index is 5.29. The predicted octanol–water partition coefficient (Wildman–Crippen LogP) is 2.21. The van der Waals surface area contributed by atoms with Crippen LogP contribution in [0.25, 0.3) is 0 Å². The molecule has 8 heteroatoms. The summed E-state index contributed by atoms with van der Waals surface area (Å²) >= 11 is 0. The van der Waals surface area contributed by atoms with E-state index in [9.17, 15) is 0 Å². The van der Waals surface area contributed by atoms with Crippen LogP contribution in [0.4, 0.5) is 0 Å². The van der Waals surface area contributed by atoms with Gasteiger partial charge in [0.05, 0.1) is 12.2 Å². The van der Waals surface area contributed by atoms with E-state index in [-0.39, 0.29) is 5.92 Å². The molecule has 2 N–H and O–H groups in total. The zero-order valence-corrected chi connectivity index (χ0v) is 15.0. The van der Waals surface area contributed by atoms with E-state index in [1.807, 2.05) is 19.9 Å². The lowest BCUT2D eigenvalue weighted by Crippen LogP contribution is -2.37. The minimum atomic E-state index is 0.266. The molecule has 0 aliphatic heterocycles. The molecule has 0 unspecified atom stereocenters. The third-order valence-corrected chi connectivity index (χ3v) is 3.45. The van der Waals surface area contributed by atoms with Gasteiger partial charge in [-0.25, -0.2) is 0 Å². The molecule has 0 aliphatic rings. The molecule has 2 aromatic rings. The second kappa shape index (κ2) is 8.47. The number of rotatable bonds is 7. The van der Waals surface area contributed by atoms with Crippen LogP contribution in [-0.2, 0) is 13.0 Å². The first-order valence-electron chi connectivity index (χ1n) is 8.22. The van der Waals surface area contributed by atoms with Crippen LogP contribution in [0.15, 0.2) is 20.1 Å². The highest BCUT2D eigenvalue weighted by molar-refractivity contribution is 5.79. The van der Waals surface area contributed by atoms with Gasteiger partial charge in [0.25, 0.3) is 0 Å². The summed E-state index contributed by atoms with van der Waals surface area (Å²) in [5, 5.41) is 14.4. The summed E-state index contributed by atoms with van der Waals surface area (Å²) in [5.41, 5.74) is 0.951. The van der Waals surface area contributed by atoms with Crippen LogP contribution in [0, 0.1) is 0 Å². The maximum Gasteiger partial charge on any atom is 0.228 e. The van der Waals surface area contributed by atoms with Crippen LogP contribution >= 0.6 is 0 Å². The topological polar surface area (TPSA) is 101 Å². The molecule has 0 fully saturated rings. The Labute approximate surface area is 142 Å². The molecule has 2 rings (SSSR count). The van der Waals surface area contributed by atoms with Gasteiger partial charge in [0, 0.05) is 32.0 Å². The van der Waals surface area contributed by atoms with E-state index in [0.29, 0.717) is 37.3 Å². The Morgan fingerprint density at radius 1 is 1.12 bits per heavy atom. The van der Waals surface area contributed by atoms with Gasteiger partial charge in [-0.1, -0.05) is 38.0 Å². The number of hydrogen-bond acceptors (Lipinski definition) is 6. The number of guanidine groups is 1. The molecule has 132 valence electrons. The van der Waals surface area contributed by atoms with Gasteiger partial charge < -0.3 is 19.7 Å². The van der Waals surface area contributed by atoms with Gasteiger partial charge in [0.1, 0.15) is 0 Å². The Bertz CT molecular complexity index is 659. The molecule has 0 saturated heterocycles. The number of hydrogen-bond donors (Lipinski definition) is 2. The first-order valence-corrected chi connectivity index (χ1v) is 8.22. The highest BCUT2D eigenvalue weighted by Crippen LogP contribution is 2.13. The molecule has 0 amide bonds. The van der Waals surface area contributed by atoms with Gasteiger partial charge in [0.2, 0.25) is 5.89 Å². The van der Waals surface area contributed by atoms with Crippen molar-refractivity contribution in [1.82, 2.24) is 25.9 Å². The monoisotopic (exact) mass is 334 g/mol. The van der Waals surface area contributed by atoms with Crippen molar-refractivity contribution in [3.05, 3.63) is 29.2 Å². The van der Waals surface area contributed by atoms with Gasteiger partial charge in [-0.2, -0.15) is 4.98 Å². The third-order valence-electron chi connectivity index (χ3n) is 3.45. The summed E-state index contributed by atoms with van der Waals surface area (Å²) in [7, 11) is 1.72. The van der Waals surface area contributed by atoms with Gasteiger partial charge in [0.15, 0.2) is 17.5 Å². The van der Waals surface area contributed by atoms with Crippen molar-refractivity contribution in [2.45, 2.75) is 52.5 Å². The average Bonchev–Trinajstić information content (AvgIpc) is 3.20. The molecule has 8 nitrogen and oxygen atoms in total. The molecular formula is C16H26N6O2. The fraction of sp³-hybridized carbons (Fsp3) is 0.625. The van der Waals surface area contributed by atoms with Crippen molar-refractivity contribution in [2.75, 3.05) is 13.6 Å². The Balaban J connectivity index is 1.75. The lowest BCUT2D eigenvalue weighted by Gasteiger charge is -2.09. The molecule has 0 saturated carbocycles. The van der Waals surface area contributed by atoms with Crippen molar-refractivity contribution in [3.8, 4) is 0 Å². The van der Waals surface area contributed by atoms with Crippen molar-refractivity contribution in [3.63, 3.8) is 0 Å². The Morgan fingerprint density at radius 3 is 2.50 bits per heavy atom. The second-order valence-electron chi connectivity index (χ2n) is 6.18. The summed E-state index contributed by atoms with van der Waals surface area (Å²) < 4.78 is 10.5. The van der Waals surface area contributed by atoms with Crippen molar-refractivity contribution in [2.24, 2.45) is 4.99 Å². The molecule has 0 aliphatic carbocycles. The molecule has 2 aromatic heterocycles. The van der Waals surface area contributed by atoms with Crippen LogP contribution in [-0.4, -0.2) is 34.8 Å². The highest BCUT2D eigenvalue weighted by atomic mass is 16.5. The zero-order chi connectivity index (χ0) is 17.5. The van der Waals surface area contributed by atoms with Crippen molar-refractivity contribution in [1.29, 1.82) is 0 Å². The zero-order valence-electron chi connectivity index (χ0n) is 15.0. The van der Waals surface area contributed by atoms with Crippen LogP contribution < -0.4 is 10.6 Å². The summed E-state index contributed by atoms with van der Waals surface area (Å²) in [5.74, 6) is 3.44. The number of aromatic nitrogens is 3. The Kier molecular flexibility index (Phi) is 6.34. The molecule has 0 radical (unpaired) electrons. The minimum Gasteiger partial charge on any atom is -0.359 e. The lowest BCUT2D eigenvalue weighted by atomic mass is 10.1. The van der Waals surface area contributed by atoms with E-state index < -0.39 is 0 Å². The number of nitrogens with zero attached hydrogens (tertiary/aromatic N) is 4. The quantitative estimate of drug-likeness (QED) is 0.591. The first-order chi connectivity index (χ1) is 11.5. The van der Waals surface area contributed by atoms with Gasteiger partial charge in [-0.15, -0.1) is 0 Å². The van der Waals surface area contributed by atoms with Crippen LogP contribution in [0.2, 0.25) is 0 Å². The summed E-state index contributed by atoms with van der Waals surface area (Å²) in [6.07, 6.45) is 0.639. The smallest absolute Gasteiger partial charge is 0.228 e. The molecular weight excluding hydrogens is 308 g/mol. The molecule has 24 heavy (non-hydrogen) atoms. The van der Waals surface area contributed by atoms with E-state index >= 15 is 0 Å². The number of aliphatic imine (C=N–C) groups is 1. The fourth-order valence-electron chi connectivity index (χ4n) is 1.97. The molecule has 0 spiro atoms. The van der Waals surface area contributed by atoms with E-state index in [0.717, 1.165) is 17.3 Å². The van der Waals surface area contributed by atoms with E-state index in [1.54, 1.807) is 7.05 Å². The number of nitrogens with one attached hydrogen (secondary N) is 2. The van der Waals surface area contributed by atoms with Crippen LogP contribution in [0.1, 0.15) is 62.7 Å². The van der Waals surface area contributed by atoms with Crippen LogP contribution in [0.5, 0.6) is 0 Å². The molecule has 0 aromatic carbocycles. The molecule has 0 atom stereocenters. The Morgan fingerprint density at radius 2 is 1.92 bits per heavy atom. The SMILES string of the molecule is CN=C(NCCc1nc(C(C)C)no1)NCc1cc(C(C)C)no1. The fourth-order valence-corrected chi connectivity index (χ4v) is 1.97. The summed E-state index contributed by atoms with van der Waals surface area (Å²) in [6.45, 7) is 9.40. The van der Waals surface area contributed by atoms with Gasteiger partial charge in [-0.3, -0.25) is 4.99 Å². The predicted molar refractivity (Wildman–Crippen MR) is 90.9 cm³/mol. The van der Waals surface area contributed by atoms with Crippen molar-refractivity contribution < 1.29 is 9.05 Å². The highest BCUT2D eigenvalue weighted by Gasteiger charge is 2.10. The minimum absolute atomic E-state index is 0.266. The first kappa shape index (κ1) is 18.0. The summed E-state index contributed by atoms with van der Waals surface area (Å²) in [6, 6.07) is 1.96. The standard InChI is InChI=1S/C16H26N6O2/c1-10(2)13-8-12(23-21-13)9-19-16(17-5)18-7-6-14-20-15(11(3)4)22-24-14/h8,10-11H,6-7,9H2,1-5H3,(H2,17,18,19). The van der Waals surface area contributed by atoms with Gasteiger partial charge in [-0.05, 0) is 5.92 Å². The average molecular weight is 334 g/mol. The Hall–Kier alpha value is -2.38. The van der Waals surface area contributed by atoms with E-state index in [2.05, 4.69) is 44.8 Å². The largest absolute Gasteiger partial charge is 0.359 e. The van der Waals surface area contributed by atoms with Gasteiger partial charge >= 0.3 is 0 Å². The second-order valence-corrected chi connectivity index (χ2v) is 6.18. The molecule has 2 heterocycles. The van der Waals surface area contributed by atoms with Crippen LogP contribution in [0.3, 0.4) is 0 Å². The summed E-state index contributed by atoms with van der Waals surface area (Å²) in [4.78, 5) is 8.52. The normalized spacial score (nSPS) is 12.2. The van der Waals surface area contributed by atoms with E-state index in [4.69, 9.17) is 9.05 Å².